The Morgan fingerprint density at radius 3 is 2.62 bits per heavy atom. The predicted molar refractivity (Wildman–Crippen MR) is 56.8 cm³/mol. The van der Waals surface area contributed by atoms with E-state index in [-0.39, 0.29) is 17.6 Å². The van der Waals surface area contributed by atoms with E-state index in [1.165, 1.54) is 20.4 Å². The van der Waals surface area contributed by atoms with E-state index < -0.39 is 0 Å². The number of aromatic nitrogens is 2. The van der Waals surface area contributed by atoms with Crippen molar-refractivity contribution in [3.05, 3.63) is 11.9 Å². The number of Topliss-reactive ketones (excluding diaryl/α,β-unsaturated/α-hetero) is 1. The van der Waals surface area contributed by atoms with Gasteiger partial charge in [-0.2, -0.15) is 4.98 Å². The fraction of sp³-hybridized carbons (Fsp3) is 0.545. The molecule has 5 nitrogen and oxygen atoms in total. The Balaban J connectivity index is 2.28. The molecule has 1 saturated carbocycles. The lowest BCUT2D eigenvalue weighted by Gasteiger charge is -2.23. The van der Waals surface area contributed by atoms with Gasteiger partial charge >= 0.3 is 0 Å². The van der Waals surface area contributed by atoms with Crippen molar-refractivity contribution < 1.29 is 14.3 Å². The zero-order chi connectivity index (χ0) is 11.5. The monoisotopic (exact) mass is 222 g/mol. The standard InChI is InChI=1S/C11H14N2O3/c1-15-8-6-12-9(11(13-8)16-2)10(14)7-4-3-5-7/h6-7H,3-5H2,1-2H3. The molecule has 1 aliphatic rings. The molecule has 0 N–H and O–H groups in total. The summed E-state index contributed by atoms with van der Waals surface area (Å²) in [5.74, 6) is 0.716. The van der Waals surface area contributed by atoms with Crippen molar-refractivity contribution in [2.45, 2.75) is 19.3 Å². The fourth-order valence-electron chi connectivity index (χ4n) is 1.63. The Hall–Kier alpha value is -1.65. The van der Waals surface area contributed by atoms with Gasteiger partial charge in [-0.25, -0.2) is 4.98 Å². The number of carbonyl (C=O) groups excluding carboxylic acids is 1. The molecule has 16 heavy (non-hydrogen) atoms. The molecule has 86 valence electrons. The Morgan fingerprint density at radius 2 is 2.12 bits per heavy atom. The number of ether oxygens (including phenoxy) is 2. The van der Waals surface area contributed by atoms with Crippen LogP contribution in [-0.4, -0.2) is 30.0 Å². The molecular weight excluding hydrogens is 208 g/mol. The van der Waals surface area contributed by atoms with E-state index in [1.54, 1.807) is 0 Å². The molecule has 0 spiro atoms. The van der Waals surface area contributed by atoms with Crippen molar-refractivity contribution in [2.24, 2.45) is 5.92 Å². The third-order valence-electron chi connectivity index (χ3n) is 2.83. The molecule has 2 rings (SSSR count). The summed E-state index contributed by atoms with van der Waals surface area (Å²) in [5.41, 5.74) is 0.313. The van der Waals surface area contributed by atoms with E-state index in [1.807, 2.05) is 0 Å². The minimum Gasteiger partial charge on any atom is -0.480 e. The van der Waals surface area contributed by atoms with E-state index in [0.717, 1.165) is 19.3 Å². The number of nitrogens with zero attached hydrogens (tertiary/aromatic N) is 2. The highest BCUT2D eigenvalue weighted by Gasteiger charge is 2.30. The van der Waals surface area contributed by atoms with Gasteiger partial charge < -0.3 is 9.47 Å². The van der Waals surface area contributed by atoms with E-state index in [2.05, 4.69) is 9.97 Å². The average Bonchev–Trinajstić information content (AvgIpc) is 2.25. The minimum atomic E-state index is 0.0262. The molecule has 1 aromatic heterocycles. The Labute approximate surface area is 93.8 Å². The summed E-state index contributed by atoms with van der Waals surface area (Å²) in [6.07, 6.45) is 4.43. The van der Waals surface area contributed by atoms with Crippen LogP contribution in [0.5, 0.6) is 11.8 Å². The molecule has 0 atom stereocenters. The van der Waals surface area contributed by atoms with Crippen LogP contribution in [0.25, 0.3) is 0 Å². The van der Waals surface area contributed by atoms with Crippen LogP contribution in [0.3, 0.4) is 0 Å². The van der Waals surface area contributed by atoms with Gasteiger partial charge in [0.05, 0.1) is 20.4 Å². The second-order valence-corrected chi connectivity index (χ2v) is 3.76. The summed E-state index contributed by atoms with van der Waals surface area (Å²) in [5, 5.41) is 0. The first-order valence-electron chi connectivity index (χ1n) is 5.25. The molecule has 1 aliphatic carbocycles. The summed E-state index contributed by atoms with van der Waals surface area (Å²) >= 11 is 0. The van der Waals surface area contributed by atoms with Crippen molar-refractivity contribution >= 4 is 5.78 Å². The Bertz CT molecular complexity index is 402. The Kier molecular flexibility index (Phi) is 3.03. The van der Waals surface area contributed by atoms with E-state index in [9.17, 15) is 4.79 Å². The lowest BCUT2D eigenvalue weighted by atomic mass is 9.81. The van der Waals surface area contributed by atoms with Gasteiger partial charge in [0.1, 0.15) is 0 Å². The van der Waals surface area contributed by atoms with Crippen LogP contribution in [-0.2, 0) is 0 Å². The molecule has 0 aliphatic heterocycles. The van der Waals surface area contributed by atoms with Gasteiger partial charge in [-0.1, -0.05) is 6.42 Å². The van der Waals surface area contributed by atoms with Crippen LogP contribution in [0.4, 0.5) is 0 Å². The fourth-order valence-corrected chi connectivity index (χ4v) is 1.63. The van der Waals surface area contributed by atoms with E-state index in [0.29, 0.717) is 11.6 Å². The van der Waals surface area contributed by atoms with Gasteiger partial charge in [-0.05, 0) is 12.8 Å². The normalized spacial score (nSPS) is 15.4. The number of carbonyl (C=O) groups is 1. The number of ketones is 1. The van der Waals surface area contributed by atoms with E-state index >= 15 is 0 Å². The summed E-state index contributed by atoms with van der Waals surface area (Å²) < 4.78 is 9.98. The van der Waals surface area contributed by atoms with Crippen LogP contribution in [0.15, 0.2) is 6.20 Å². The highest BCUT2D eigenvalue weighted by Crippen LogP contribution is 2.31. The molecular formula is C11H14N2O3. The molecule has 0 unspecified atom stereocenters. The summed E-state index contributed by atoms with van der Waals surface area (Å²) in [7, 11) is 2.97. The van der Waals surface area contributed by atoms with Crippen molar-refractivity contribution in [3.63, 3.8) is 0 Å². The quantitative estimate of drug-likeness (QED) is 0.722. The number of rotatable bonds is 4. The SMILES string of the molecule is COc1cnc(C(=O)C2CCC2)c(OC)n1. The molecule has 1 fully saturated rings. The molecule has 1 heterocycles. The predicted octanol–water partition coefficient (Wildman–Crippen LogP) is 1.48. The molecule has 1 aromatic rings. The van der Waals surface area contributed by atoms with Crippen molar-refractivity contribution in [1.29, 1.82) is 0 Å². The average molecular weight is 222 g/mol. The van der Waals surface area contributed by atoms with Gasteiger partial charge in [0.2, 0.25) is 11.8 Å². The molecule has 0 saturated heterocycles. The maximum atomic E-state index is 12.0. The van der Waals surface area contributed by atoms with Crippen LogP contribution >= 0.6 is 0 Å². The second kappa shape index (κ2) is 4.47. The van der Waals surface area contributed by atoms with Crippen LogP contribution in [0, 0.1) is 5.92 Å². The van der Waals surface area contributed by atoms with Crippen molar-refractivity contribution in [2.75, 3.05) is 14.2 Å². The number of hydrogen-bond donors (Lipinski definition) is 0. The lowest BCUT2D eigenvalue weighted by molar-refractivity contribution is 0.0845. The largest absolute Gasteiger partial charge is 0.480 e. The Morgan fingerprint density at radius 1 is 1.38 bits per heavy atom. The summed E-state index contributed by atoms with van der Waals surface area (Å²) in [6, 6.07) is 0. The molecule has 0 radical (unpaired) electrons. The summed E-state index contributed by atoms with van der Waals surface area (Å²) in [4.78, 5) is 20.1. The maximum absolute atomic E-state index is 12.0. The lowest BCUT2D eigenvalue weighted by Crippen LogP contribution is -2.23. The first-order chi connectivity index (χ1) is 7.76. The van der Waals surface area contributed by atoms with Gasteiger partial charge in [0.15, 0.2) is 11.5 Å². The van der Waals surface area contributed by atoms with Crippen LogP contribution in [0.1, 0.15) is 29.8 Å². The second-order valence-electron chi connectivity index (χ2n) is 3.76. The van der Waals surface area contributed by atoms with Crippen molar-refractivity contribution in [3.8, 4) is 11.8 Å². The van der Waals surface area contributed by atoms with Gasteiger partial charge in [0, 0.05) is 5.92 Å². The van der Waals surface area contributed by atoms with Crippen LogP contribution in [0.2, 0.25) is 0 Å². The number of methoxy groups -OCH3 is 2. The highest BCUT2D eigenvalue weighted by molar-refractivity contribution is 5.98. The van der Waals surface area contributed by atoms with Gasteiger partial charge in [-0.15, -0.1) is 0 Å². The zero-order valence-corrected chi connectivity index (χ0v) is 9.40. The highest BCUT2D eigenvalue weighted by atomic mass is 16.5. The third-order valence-corrected chi connectivity index (χ3v) is 2.83. The topological polar surface area (TPSA) is 61.3 Å². The smallest absolute Gasteiger partial charge is 0.246 e. The van der Waals surface area contributed by atoms with Crippen LogP contribution < -0.4 is 9.47 Å². The first-order valence-corrected chi connectivity index (χ1v) is 5.25. The summed E-state index contributed by atoms with van der Waals surface area (Å²) in [6.45, 7) is 0. The first kappa shape index (κ1) is 10.9. The number of hydrogen-bond acceptors (Lipinski definition) is 5. The molecule has 5 heteroatoms. The molecule has 0 aromatic carbocycles. The molecule has 0 amide bonds. The minimum absolute atomic E-state index is 0.0262. The molecule has 0 bridgehead atoms. The van der Waals surface area contributed by atoms with Gasteiger partial charge in [-0.3, -0.25) is 4.79 Å². The van der Waals surface area contributed by atoms with Crippen molar-refractivity contribution in [1.82, 2.24) is 9.97 Å². The zero-order valence-electron chi connectivity index (χ0n) is 9.40. The van der Waals surface area contributed by atoms with E-state index in [4.69, 9.17) is 9.47 Å². The maximum Gasteiger partial charge on any atom is 0.246 e. The van der Waals surface area contributed by atoms with Gasteiger partial charge in [0.25, 0.3) is 0 Å². The third kappa shape index (κ3) is 1.85.